The highest BCUT2D eigenvalue weighted by Crippen LogP contribution is 2.37. The standard InChI is InChI=1S/C35H40N8O5/c1-34(2)13-21-12-28-33(46)43(10-9-42(28)29(21)14-34)31-26(17-44)25(7-8-36-31)22-11-27(32(45)41(4)16-22)39-30-6-5-23(15-37-30)40-35(3,47)20-38-24-18-48-19-24/h5-12,15-16,24,38,40,44,47H,13-14,17-20H2,1-4H3,(H,37,39)/t35-/m0/s1. The lowest BCUT2D eigenvalue weighted by molar-refractivity contribution is -0.0159. The molecule has 0 spiro atoms. The smallest absolute Gasteiger partial charge is 0.280 e. The number of aromatic nitrogens is 5. The summed E-state index contributed by atoms with van der Waals surface area (Å²) in [6.07, 6.45) is 10.2. The number of nitrogens with one attached hydrogen (secondary N) is 3. The van der Waals surface area contributed by atoms with Crippen LogP contribution in [0.5, 0.6) is 0 Å². The van der Waals surface area contributed by atoms with Gasteiger partial charge in [0.1, 0.15) is 28.6 Å². The minimum absolute atomic E-state index is 0.159. The summed E-state index contributed by atoms with van der Waals surface area (Å²) in [6, 6.07) is 9.13. The van der Waals surface area contributed by atoms with Crippen LogP contribution >= 0.6 is 0 Å². The first kappa shape index (κ1) is 31.8. The van der Waals surface area contributed by atoms with Gasteiger partial charge in [-0.2, -0.15) is 0 Å². The predicted octanol–water partition coefficient (Wildman–Crippen LogP) is 2.72. The molecule has 1 saturated heterocycles. The Morgan fingerprint density at radius 2 is 1.90 bits per heavy atom. The highest BCUT2D eigenvalue weighted by atomic mass is 16.5. The summed E-state index contributed by atoms with van der Waals surface area (Å²) < 4.78 is 10.1. The first-order chi connectivity index (χ1) is 22.9. The number of ether oxygens (including phenoxy) is 1. The molecule has 7 rings (SSSR count). The van der Waals surface area contributed by atoms with Crippen molar-refractivity contribution >= 4 is 22.7 Å². The molecule has 5 aromatic heterocycles. The molecule has 0 amide bonds. The van der Waals surface area contributed by atoms with Gasteiger partial charge < -0.3 is 39.9 Å². The molecule has 0 aromatic carbocycles. The van der Waals surface area contributed by atoms with Crippen molar-refractivity contribution in [2.75, 3.05) is 30.4 Å². The summed E-state index contributed by atoms with van der Waals surface area (Å²) in [5, 5.41) is 30.8. The van der Waals surface area contributed by atoms with E-state index in [0.717, 1.165) is 18.5 Å². The fraction of sp³-hybridized carbons (Fsp3) is 0.371. The molecule has 1 fully saturated rings. The highest BCUT2D eigenvalue weighted by Gasteiger charge is 2.32. The topological polar surface area (TPSA) is 160 Å². The van der Waals surface area contributed by atoms with Crippen LogP contribution in [0.3, 0.4) is 0 Å². The van der Waals surface area contributed by atoms with Gasteiger partial charge in [-0.25, -0.2) is 9.97 Å². The van der Waals surface area contributed by atoms with Crippen LogP contribution in [0.4, 0.5) is 17.2 Å². The van der Waals surface area contributed by atoms with Crippen LogP contribution in [0.2, 0.25) is 0 Å². The van der Waals surface area contributed by atoms with Crippen LogP contribution in [0.1, 0.15) is 37.6 Å². The Labute approximate surface area is 276 Å². The van der Waals surface area contributed by atoms with Crippen molar-refractivity contribution in [1.29, 1.82) is 0 Å². The molecule has 250 valence electrons. The molecule has 1 aliphatic carbocycles. The van der Waals surface area contributed by atoms with Gasteiger partial charge in [0.15, 0.2) is 0 Å². The summed E-state index contributed by atoms with van der Waals surface area (Å²) in [5.74, 6) is 0.753. The molecule has 2 aliphatic rings. The monoisotopic (exact) mass is 652 g/mol. The van der Waals surface area contributed by atoms with E-state index in [1.165, 1.54) is 14.7 Å². The lowest BCUT2D eigenvalue weighted by Crippen LogP contribution is -2.53. The largest absolute Gasteiger partial charge is 0.392 e. The Morgan fingerprint density at radius 1 is 1.08 bits per heavy atom. The average Bonchev–Trinajstić information content (AvgIpc) is 3.51. The lowest BCUT2D eigenvalue weighted by atomic mass is 9.90. The van der Waals surface area contributed by atoms with E-state index in [9.17, 15) is 19.8 Å². The molecule has 0 unspecified atom stereocenters. The summed E-state index contributed by atoms with van der Waals surface area (Å²) in [6.45, 7) is 7.35. The van der Waals surface area contributed by atoms with Crippen molar-refractivity contribution in [2.45, 2.75) is 52.0 Å². The van der Waals surface area contributed by atoms with Crippen molar-refractivity contribution in [2.24, 2.45) is 12.5 Å². The summed E-state index contributed by atoms with van der Waals surface area (Å²) in [5.41, 5.74) is 3.97. The SMILES string of the molecule is Cn1cc(-c2ccnc(-n3ccn4c5c(cc4c3=O)CC(C)(C)C5)c2CO)cc(Nc2ccc(N[C@@](C)(O)CNC3COC3)cn2)c1=O. The zero-order chi connectivity index (χ0) is 33.8. The summed E-state index contributed by atoms with van der Waals surface area (Å²) in [7, 11) is 1.65. The predicted molar refractivity (Wildman–Crippen MR) is 183 cm³/mol. The van der Waals surface area contributed by atoms with Gasteiger partial charge in [-0.3, -0.25) is 14.2 Å². The van der Waals surface area contributed by atoms with Crippen LogP contribution < -0.4 is 27.1 Å². The quantitative estimate of drug-likeness (QED) is 0.142. The van der Waals surface area contributed by atoms with Crippen LogP contribution in [-0.4, -0.2) is 65.2 Å². The average molecular weight is 653 g/mol. The van der Waals surface area contributed by atoms with Crippen molar-refractivity contribution in [3.63, 3.8) is 0 Å². The number of nitrogens with zero attached hydrogens (tertiary/aromatic N) is 5. The molecule has 5 aromatic rings. The van der Waals surface area contributed by atoms with Gasteiger partial charge in [0, 0.05) is 55.2 Å². The maximum absolute atomic E-state index is 13.8. The summed E-state index contributed by atoms with van der Waals surface area (Å²) >= 11 is 0. The van der Waals surface area contributed by atoms with Gasteiger partial charge in [-0.1, -0.05) is 13.8 Å². The van der Waals surface area contributed by atoms with E-state index in [0.29, 0.717) is 59.3 Å². The fourth-order valence-corrected chi connectivity index (χ4v) is 6.62. The molecule has 1 aliphatic heterocycles. The Hall–Kier alpha value is -4.82. The Morgan fingerprint density at radius 3 is 2.60 bits per heavy atom. The van der Waals surface area contributed by atoms with Crippen LogP contribution in [-0.2, 0) is 31.2 Å². The molecule has 6 heterocycles. The Balaban J connectivity index is 1.16. The number of aliphatic hydroxyl groups excluding tert-OH is 1. The molecular formula is C35H40N8O5. The van der Waals surface area contributed by atoms with Crippen molar-refractivity contribution in [3.05, 3.63) is 98.8 Å². The molecule has 48 heavy (non-hydrogen) atoms. The van der Waals surface area contributed by atoms with Gasteiger partial charge in [0.2, 0.25) is 0 Å². The number of aryl methyl sites for hydroxylation is 1. The first-order valence-electron chi connectivity index (χ1n) is 16.0. The molecule has 0 bridgehead atoms. The molecule has 0 radical (unpaired) electrons. The second kappa shape index (κ2) is 12.0. The first-order valence-corrected chi connectivity index (χ1v) is 16.0. The highest BCUT2D eigenvalue weighted by molar-refractivity contribution is 5.73. The van der Waals surface area contributed by atoms with E-state index in [-0.39, 0.29) is 34.9 Å². The minimum atomic E-state index is -1.21. The van der Waals surface area contributed by atoms with Crippen LogP contribution in [0.15, 0.2) is 70.9 Å². The molecule has 13 nitrogen and oxygen atoms in total. The number of fused-ring (bicyclic) bond motifs is 3. The lowest BCUT2D eigenvalue weighted by Gasteiger charge is -2.32. The van der Waals surface area contributed by atoms with Gasteiger partial charge in [0.05, 0.1) is 37.7 Å². The van der Waals surface area contributed by atoms with Gasteiger partial charge in [0.25, 0.3) is 11.1 Å². The van der Waals surface area contributed by atoms with E-state index in [2.05, 4.69) is 39.8 Å². The van der Waals surface area contributed by atoms with Gasteiger partial charge in [-0.05, 0) is 66.6 Å². The van der Waals surface area contributed by atoms with Crippen molar-refractivity contribution < 1.29 is 14.9 Å². The van der Waals surface area contributed by atoms with Crippen molar-refractivity contribution in [1.82, 2.24) is 28.8 Å². The number of aliphatic hydroxyl groups is 2. The molecule has 5 N–H and O–H groups in total. The van der Waals surface area contributed by atoms with Crippen LogP contribution in [0, 0.1) is 5.41 Å². The number of anilines is 3. The van der Waals surface area contributed by atoms with Gasteiger partial charge in [-0.15, -0.1) is 0 Å². The third-order valence-electron chi connectivity index (χ3n) is 9.08. The summed E-state index contributed by atoms with van der Waals surface area (Å²) in [4.78, 5) is 35.9. The third-order valence-corrected chi connectivity index (χ3v) is 9.08. The third kappa shape index (κ3) is 6.01. The number of pyridine rings is 3. The Bertz CT molecular complexity index is 2130. The van der Waals surface area contributed by atoms with Crippen LogP contribution in [0.25, 0.3) is 22.5 Å². The second-order valence-corrected chi connectivity index (χ2v) is 13.8. The number of rotatable bonds is 10. The zero-order valence-electron chi connectivity index (χ0n) is 27.4. The molecular weight excluding hydrogens is 612 g/mol. The van der Waals surface area contributed by atoms with Gasteiger partial charge >= 0.3 is 0 Å². The normalized spacial score (nSPS) is 16.8. The zero-order valence-corrected chi connectivity index (χ0v) is 27.4. The molecule has 1 atom stereocenters. The van der Waals surface area contributed by atoms with E-state index >= 15 is 0 Å². The number of hydrogen-bond acceptors (Lipinski definition) is 10. The molecule has 0 saturated carbocycles. The van der Waals surface area contributed by atoms with Crippen molar-refractivity contribution in [3.8, 4) is 16.9 Å². The van der Waals surface area contributed by atoms with E-state index in [1.54, 1.807) is 63.0 Å². The van der Waals surface area contributed by atoms with E-state index in [4.69, 9.17) is 4.74 Å². The minimum Gasteiger partial charge on any atom is -0.392 e. The Kier molecular flexibility index (Phi) is 7.95. The van der Waals surface area contributed by atoms with E-state index < -0.39 is 5.72 Å². The fourth-order valence-electron chi connectivity index (χ4n) is 6.62. The molecule has 13 heteroatoms. The van der Waals surface area contributed by atoms with E-state index in [1.807, 2.05) is 16.7 Å². The second-order valence-electron chi connectivity index (χ2n) is 13.8. The maximum atomic E-state index is 13.8. The maximum Gasteiger partial charge on any atom is 0.280 e. The number of hydrogen-bond donors (Lipinski definition) is 5.